The van der Waals surface area contributed by atoms with Gasteiger partial charge in [0, 0.05) is 12.6 Å². The number of hydrogen-bond donors (Lipinski definition) is 2. The van der Waals surface area contributed by atoms with E-state index in [1.165, 1.54) is 12.8 Å². The van der Waals surface area contributed by atoms with Crippen molar-refractivity contribution >= 4 is 36.4 Å². The summed E-state index contributed by atoms with van der Waals surface area (Å²) in [5, 5.41) is 6.32. The van der Waals surface area contributed by atoms with E-state index in [4.69, 9.17) is 0 Å². The summed E-state index contributed by atoms with van der Waals surface area (Å²) in [6.45, 7) is 6.26. The summed E-state index contributed by atoms with van der Waals surface area (Å²) >= 11 is 0. The zero-order valence-electron chi connectivity index (χ0n) is 12.6. The van der Waals surface area contributed by atoms with Gasteiger partial charge < -0.3 is 10.6 Å². The molecule has 21 heavy (non-hydrogen) atoms. The number of anilines is 1. The van der Waals surface area contributed by atoms with Crippen molar-refractivity contribution in [3.8, 4) is 0 Å². The second-order valence-electron chi connectivity index (χ2n) is 5.45. The summed E-state index contributed by atoms with van der Waals surface area (Å²) in [5.74, 6) is 1.21. The van der Waals surface area contributed by atoms with E-state index < -0.39 is 0 Å². The molecule has 0 aliphatic carbocycles. The van der Waals surface area contributed by atoms with E-state index in [9.17, 15) is 4.79 Å². The molecule has 2 heterocycles. The largest absolute Gasteiger partial charge is 0.324 e. The van der Waals surface area contributed by atoms with Crippen molar-refractivity contribution in [1.29, 1.82) is 0 Å². The van der Waals surface area contributed by atoms with Crippen LogP contribution in [0.1, 0.15) is 31.9 Å². The van der Waals surface area contributed by atoms with E-state index in [2.05, 4.69) is 22.5 Å². The maximum absolute atomic E-state index is 12.1. The van der Waals surface area contributed by atoms with Crippen LogP contribution in [0.5, 0.6) is 0 Å². The normalized spacial score (nSPS) is 16.3. The van der Waals surface area contributed by atoms with Gasteiger partial charge in [-0.15, -0.1) is 24.8 Å². The summed E-state index contributed by atoms with van der Waals surface area (Å²) in [6, 6.07) is 3.74. The van der Waals surface area contributed by atoms with E-state index in [0.717, 1.165) is 24.5 Å². The lowest BCUT2D eigenvalue weighted by molar-refractivity contribution is -0.117. The van der Waals surface area contributed by atoms with E-state index in [0.29, 0.717) is 18.3 Å². The Hall–Kier alpha value is -0.840. The summed E-state index contributed by atoms with van der Waals surface area (Å²) in [4.78, 5) is 16.2. The number of nitrogens with one attached hydrogen (secondary N) is 2. The van der Waals surface area contributed by atoms with Crippen LogP contribution in [0.3, 0.4) is 0 Å². The van der Waals surface area contributed by atoms with Gasteiger partial charge in [0.15, 0.2) is 0 Å². The first kappa shape index (κ1) is 20.2. The first-order valence-electron chi connectivity index (χ1n) is 7.09. The number of rotatable bonds is 4. The quantitative estimate of drug-likeness (QED) is 0.889. The molecule has 1 aliphatic rings. The first-order valence-corrected chi connectivity index (χ1v) is 7.09. The average molecular weight is 334 g/mol. The van der Waals surface area contributed by atoms with Crippen LogP contribution in [0.2, 0.25) is 0 Å². The number of aromatic nitrogens is 1. The van der Waals surface area contributed by atoms with Crippen LogP contribution in [-0.2, 0) is 4.79 Å². The number of piperidine rings is 1. The van der Waals surface area contributed by atoms with Crippen LogP contribution in [0.15, 0.2) is 18.3 Å². The maximum atomic E-state index is 12.1. The average Bonchev–Trinajstić information content (AvgIpc) is 2.42. The summed E-state index contributed by atoms with van der Waals surface area (Å²) < 4.78 is 0. The molecule has 2 rings (SSSR count). The lowest BCUT2D eigenvalue weighted by Gasteiger charge is -2.27. The lowest BCUT2D eigenvalue weighted by atomic mass is 9.84. The first-order chi connectivity index (χ1) is 9.16. The van der Waals surface area contributed by atoms with Gasteiger partial charge in [0.25, 0.3) is 0 Å². The zero-order valence-corrected chi connectivity index (χ0v) is 14.2. The van der Waals surface area contributed by atoms with Crippen LogP contribution in [0.4, 0.5) is 5.69 Å². The van der Waals surface area contributed by atoms with Gasteiger partial charge in [-0.3, -0.25) is 9.78 Å². The number of carbonyl (C=O) groups excluding carboxylic acids is 1. The topological polar surface area (TPSA) is 54.0 Å². The standard InChI is InChI=1S/C15H23N3O.2ClH/c1-11(13-5-8-16-9-6-13)10-15(19)18-14-4-3-7-17-12(14)2;;/h3-4,7,11,13,16H,5-6,8-10H2,1-2H3,(H,18,19);2*1H. The Morgan fingerprint density at radius 3 is 2.71 bits per heavy atom. The fourth-order valence-corrected chi connectivity index (χ4v) is 2.69. The summed E-state index contributed by atoms with van der Waals surface area (Å²) in [6.07, 6.45) is 4.70. The highest BCUT2D eigenvalue weighted by atomic mass is 35.5. The number of amides is 1. The van der Waals surface area contributed by atoms with Crippen molar-refractivity contribution in [3.63, 3.8) is 0 Å². The highest BCUT2D eigenvalue weighted by molar-refractivity contribution is 5.91. The minimum atomic E-state index is 0. The highest BCUT2D eigenvalue weighted by Gasteiger charge is 2.22. The van der Waals surface area contributed by atoms with E-state index in [1.54, 1.807) is 6.20 Å². The molecule has 1 aromatic heterocycles. The Morgan fingerprint density at radius 2 is 2.10 bits per heavy atom. The molecule has 0 bridgehead atoms. The van der Waals surface area contributed by atoms with Crippen molar-refractivity contribution in [2.45, 2.75) is 33.1 Å². The molecule has 0 saturated carbocycles. The molecule has 1 amide bonds. The van der Waals surface area contributed by atoms with Crippen LogP contribution < -0.4 is 10.6 Å². The Kier molecular flexibility index (Phi) is 9.58. The van der Waals surface area contributed by atoms with Crippen molar-refractivity contribution in [1.82, 2.24) is 10.3 Å². The molecule has 0 aromatic carbocycles. The molecule has 6 heteroatoms. The molecular formula is C15H25Cl2N3O. The minimum Gasteiger partial charge on any atom is -0.324 e. The third-order valence-electron chi connectivity index (χ3n) is 3.98. The molecule has 1 atom stereocenters. The van der Waals surface area contributed by atoms with Crippen molar-refractivity contribution in [2.24, 2.45) is 11.8 Å². The molecular weight excluding hydrogens is 309 g/mol. The Bertz CT molecular complexity index is 437. The van der Waals surface area contributed by atoms with Gasteiger partial charge >= 0.3 is 0 Å². The Labute approximate surface area is 139 Å². The second-order valence-corrected chi connectivity index (χ2v) is 5.45. The maximum Gasteiger partial charge on any atom is 0.224 e. The third-order valence-corrected chi connectivity index (χ3v) is 3.98. The summed E-state index contributed by atoms with van der Waals surface area (Å²) in [5.41, 5.74) is 1.69. The summed E-state index contributed by atoms with van der Waals surface area (Å²) in [7, 11) is 0. The number of carbonyl (C=O) groups is 1. The fourth-order valence-electron chi connectivity index (χ4n) is 2.69. The number of aryl methyl sites for hydroxylation is 1. The Morgan fingerprint density at radius 1 is 1.43 bits per heavy atom. The number of pyridine rings is 1. The smallest absolute Gasteiger partial charge is 0.224 e. The van der Waals surface area contributed by atoms with Crippen LogP contribution >= 0.6 is 24.8 Å². The van der Waals surface area contributed by atoms with Crippen LogP contribution in [-0.4, -0.2) is 24.0 Å². The van der Waals surface area contributed by atoms with E-state index in [-0.39, 0.29) is 30.7 Å². The van der Waals surface area contributed by atoms with Gasteiger partial charge in [-0.2, -0.15) is 0 Å². The van der Waals surface area contributed by atoms with Gasteiger partial charge in [-0.25, -0.2) is 0 Å². The molecule has 0 spiro atoms. The third kappa shape index (κ3) is 6.20. The van der Waals surface area contributed by atoms with Gasteiger partial charge in [0.05, 0.1) is 11.4 Å². The molecule has 1 unspecified atom stereocenters. The second kappa shape index (κ2) is 9.98. The van der Waals surface area contributed by atoms with Crippen molar-refractivity contribution in [3.05, 3.63) is 24.0 Å². The Balaban J connectivity index is 0.00000200. The SMILES string of the molecule is Cc1ncccc1NC(=O)CC(C)C1CCNCC1.Cl.Cl. The predicted molar refractivity (Wildman–Crippen MR) is 91.5 cm³/mol. The highest BCUT2D eigenvalue weighted by Crippen LogP contribution is 2.24. The molecule has 1 aromatic rings. The van der Waals surface area contributed by atoms with E-state index >= 15 is 0 Å². The van der Waals surface area contributed by atoms with Crippen molar-refractivity contribution < 1.29 is 4.79 Å². The number of nitrogens with zero attached hydrogens (tertiary/aromatic N) is 1. The molecule has 1 aliphatic heterocycles. The number of halogens is 2. The van der Waals surface area contributed by atoms with Gasteiger partial charge in [-0.05, 0) is 56.8 Å². The molecule has 1 saturated heterocycles. The van der Waals surface area contributed by atoms with Gasteiger partial charge in [0.1, 0.15) is 0 Å². The zero-order chi connectivity index (χ0) is 13.7. The van der Waals surface area contributed by atoms with Crippen molar-refractivity contribution in [2.75, 3.05) is 18.4 Å². The van der Waals surface area contributed by atoms with Gasteiger partial charge in [-0.1, -0.05) is 6.92 Å². The molecule has 1 fully saturated rings. The monoisotopic (exact) mass is 333 g/mol. The molecule has 0 radical (unpaired) electrons. The van der Waals surface area contributed by atoms with Crippen LogP contribution in [0, 0.1) is 18.8 Å². The molecule has 2 N–H and O–H groups in total. The predicted octanol–water partition coefficient (Wildman–Crippen LogP) is 3.20. The fraction of sp³-hybridized carbons (Fsp3) is 0.600. The minimum absolute atomic E-state index is 0. The van der Waals surface area contributed by atoms with E-state index in [1.807, 2.05) is 19.1 Å². The van der Waals surface area contributed by atoms with Crippen LogP contribution in [0.25, 0.3) is 0 Å². The number of hydrogen-bond acceptors (Lipinski definition) is 3. The molecule has 4 nitrogen and oxygen atoms in total. The molecule has 120 valence electrons. The van der Waals surface area contributed by atoms with Gasteiger partial charge in [0.2, 0.25) is 5.91 Å². The lowest BCUT2D eigenvalue weighted by Crippen LogP contribution is -2.32.